The molecule has 0 aromatic heterocycles. The van der Waals surface area contributed by atoms with Crippen LogP contribution < -0.4 is 5.32 Å². The quantitative estimate of drug-likeness (QED) is 0.902. The number of hydrogen-bond acceptors (Lipinski definition) is 4. The molecule has 5 heteroatoms. The van der Waals surface area contributed by atoms with Crippen molar-refractivity contribution in [2.24, 2.45) is 0 Å². The van der Waals surface area contributed by atoms with E-state index < -0.39 is 0 Å². The molecule has 2 N–H and O–H groups in total. The molecule has 3 atom stereocenters. The Morgan fingerprint density at radius 2 is 1.84 bits per heavy atom. The van der Waals surface area contributed by atoms with Gasteiger partial charge in [0.1, 0.15) is 5.75 Å². The molecule has 2 aliphatic rings. The molecule has 0 unspecified atom stereocenters. The van der Waals surface area contributed by atoms with Crippen LogP contribution in [0.5, 0.6) is 5.75 Å². The average molecular weight is 338 g/mol. The molecule has 2 aliphatic heterocycles. The van der Waals surface area contributed by atoms with Crippen LogP contribution in [-0.4, -0.2) is 47.7 Å². The van der Waals surface area contributed by atoms with Crippen molar-refractivity contribution in [3.05, 3.63) is 65.7 Å². The molecular weight excluding hydrogens is 316 g/mol. The molecule has 2 aromatic carbocycles. The summed E-state index contributed by atoms with van der Waals surface area (Å²) in [6, 6.07) is 17.1. The van der Waals surface area contributed by atoms with Crippen molar-refractivity contribution in [1.29, 1.82) is 0 Å². The molecule has 2 heterocycles. The first-order chi connectivity index (χ1) is 12.2. The second kappa shape index (κ2) is 6.86. The lowest BCUT2D eigenvalue weighted by Crippen LogP contribution is -2.43. The number of benzene rings is 2. The Kier molecular flexibility index (Phi) is 4.42. The molecule has 0 bridgehead atoms. The molecule has 1 amide bonds. The maximum Gasteiger partial charge on any atom is 0.251 e. The zero-order valence-electron chi connectivity index (χ0n) is 14.0. The summed E-state index contributed by atoms with van der Waals surface area (Å²) in [6.45, 7) is 2.41. The van der Waals surface area contributed by atoms with Gasteiger partial charge in [-0.05, 0) is 36.2 Å². The van der Waals surface area contributed by atoms with E-state index in [4.69, 9.17) is 4.74 Å². The topological polar surface area (TPSA) is 61.8 Å². The van der Waals surface area contributed by atoms with Gasteiger partial charge < -0.3 is 15.2 Å². The second-order valence-electron chi connectivity index (χ2n) is 6.79. The average Bonchev–Trinajstić information content (AvgIpc) is 3.04. The fourth-order valence-corrected chi connectivity index (χ4v) is 3.73. The van der Waals surface area contributed by atoms with Crippen LogP contribution in [0.4, 0.5) is 0 Å². The summed E-state index contributed by atoms with van der Waals surface area (Å²) in [5.41, 5.74) is 1.78. The van der Waals surface area contributed by atoms with E-state index in [0.717, 1.165) is 19.5 Å². The Morgan fingerprint density at radius 3 is 2.60 bits per heavy atom. The van der Waals surface area contributed by atoms with Gasteiger partial charge in [-0.1, -0.05) is 30.3 Å². The molecular formula is C20H22N2O3. The minimum atomic E-state index is -0.0922. The first-order valence-corrected chi connectivity index (χ1v) is 8.69. The molecule has 0 radical (unpaired) electrons. The summed E-state index contributed by atoms with van der Waals surface area (Å²) in [5, 5.41) is 12.4. The number of morpholine rings is 1. The van der Waals surface area contributed by atoms with Crippen LogP contribution in [0.25, 0.3) is 0 Å². The summed E-state index contributed by atoms with van der Waals surface area (Å²) < 4.78 is 6.05. The number of rotatable bonds is 3. The van der Waals surface area contributed by atoms with Crippen molar-refractivity contribution in [3.8, 4) is 5.75 Å². The van der Waals surface area contributed by atoms with Gasteiger partial charge in [0.15, 0.2) is 0 Å². The number of aromatic hydroxyl groups is 1. The van der Waals surface area contributed by atoms with Gasteiger partial charge in [0.25, 0.3) is 5.91 Å². The number of carbonyl (C=O) groups is 1. The Hall–Kier alpha value is -2.37. The van der Waals surface area contributed by atoms with Crippen LogP contribution in [-0.2, 0) is 4.74 Å². The van der Waals surface area contributed by atoms with E-state index in [1.807, 2.05) is 18.2 Å². The van der Waals surface area contributed by atoms with Crippen molar-refractivity contribution in [1.82, 2.24) is 10.2 Å². The number of ether oxygens (including phenoxy) is 1. The first kappa shape index (κ1) is 16.1. The van der Waals surface area contributed by atoms with Crippen molar-refractivity contribution in [2.75, 3.05) is 19.7 Å². The molecule has 130 valence electrons. The maximum absolute atomic E-state index is 12.4. The fraction of sp³-hybridized carbons (Fsp3) is 0.350. The number of carbonyl (C=O) groups excluding carboxylic acids is 1. The van der Waals surface area contributed by atoms with Crippen LogP contribution in [0.3, 0.4) is 0 Å². The SMILES string of the molecule is O=C(N[C@@H]1C[C@H]2CO[C@@H](c3ccccc3)CN2C1)c1ccc(O)cc1. The number of amides is 1. The fourth-order valence-electron chi connectivity index (χ4n) is 3.73. The summed E-state index contributed by atoms with van der Waals surface area (Å²) in [6.07, 6.45) is 1.01. The lowest BCUT2D eigenvalue weighted by Gasteiger charge is -2.35. The van der Waals surface area contributed by atoms with Crippen LogP contribution in [0.2, 0.25) is 0 Å². The van der Waals surface area contributed by atoms with Gasteiger partial charge in [0.05, 0.1) is 12.7 Å². The van der Waals surface area contributed by atoms with E-state index in [9.17, 15) is 9.90 Å². The third-order valence-electron chi connectivity index (χ3n) is 5.05. The number of phenols is 1. The van der Waals surface area contributed by atoms with Gasteiger partial charge in [-0.25, -0.2) is 0 Å². The van der Waals surface area contributed by atoms with Crippen LogP contribution in [0.15, 0.2) is 54.6 Å². The molecule has 5 nitrogen and oxygen atoms in total. The van der Waals surface area contributed by atoms with Gasteiger partial charge in [0.2, 0.25) is 0 Å². The van der Waals surface area contributed by atoms with Crippen LogP contribution in [0.1, 0.15) is 28.4 Å². The molecule has 0 aliphatic carbocycles. The molecule has 0 spiro atoms. The predicted octanol–water partition coefficient (Wildman–Crippen LogP) is 2.34. The summed E-state index contributed by atoms with van der Waals surface area (Å²) >= 11 is 0. The van der Waals surface area contributed by atoms with Gasteiger partial charge in [-0.15, -0.1) is 0 Å². The van der Waals surface area contributed by atoms with E-state index >= 15 is 0 Å². The summed E-state index contributed by atoms with van der Waals surface area (Å²) in [7, 11) is 0. The molecule has 0 saturated carbocycles. The first-order valence-electron chi connectivity index (χ1n) is 8.69. The maximum atomic E-state index is 12.4. The van der Waals surface area contributed by atoms with Crippen molar-refractivity contribution in [2.45, 2.75) is 24.6 Å². The second-order valence-corrected chi connectivity index (χ2v) is 6.79. The zero-order chi connectivity index (χ0) is 17.2. The van der Waals surface area contributed by atoms with Gasteiger partial charge in [-0.3, -0.25) is 9.69 Å². The van der Waals surface area contributed by atoms with Crippen molar-refractivity contribution < 1.29 is 14.6 Å². The minimum Gasteiger partial charge on any atom is -0.508 e. The highest BCUT2D eigenvalue weighted by Gasteiger charge is 2.38. The highest BCUT2D eigenvalue weighted by molar-refractivity contribution is 5.94. The zero-order valence-corrected chi connectivity index (χ0v) is 14.0. The van der Waals surface area contributed by atoms with E-state index in [2.05, 4.69) is 22.3 Å². The number of fused-ring (bicyclic) bond motifs is 1. The standard InChI is InChI=1S/C20H22N2O3/c23-18-8-6-15(7-9-18)20(24)21-16-10-17-13-25-19(12-22(17)11-16)14-4-2-1-3-5-14/h1-9,16-17,19,23H,10-13H2,(H,21,24)/t16-,17+,19-/m1/s1. The number of hydrogen-bond donors (Lipinski definition) is 2. The molecule has 2 saturated heterocycles. The minimum absolute atomic E-state index is 0.0922. The third kappa shape index (κ3) is 3.52. The van der Waals surface area contributed by atoms with Crippen molar-refractivity contribution >= 4 is 5.91 Å². The third-order valence-corrected chi connectivity index (χ3v) is 5.05. The van der Waals surface area contributed by atoms with Crippen LogP contribution in [0, 0.1) is 0 Å². The van der Waals surface area contributed by atoms with Crippen LogP contribution >= 0.6 is 0 Å². The number of phenolic OH excluding ortho intramolecular Hbond substituents is 1. The monoisotopic (exact) mass is 338 g/mol. The van der Waals surface area contributed by atoms with Gasteiger partial charge in [0, 0.05) is 30.7 Å². The Labute approximate surface area is 147 Å². The van der Waals surface area contributed by atoms with E-state index in [-0.39, 0.29) is 23.8 Å². The van der Waals surface area contributed by atoms with Crippen molar-refractivity contribution in [3.63, 3.8) is 0 Å². The van der Waals surface area contributed by atoms with E-state index in [1.54, 1.807) is 12.1 Å². The molecule has 2 aromatic rings. The summed E-state index contributed by atoms with van der Waals surface area (Å²) in [4.78, 5) is 14.8. The highest BCUT2D eigenvalue weighted by Crippen LogP contribution is 2.30. The largest absolute Gasteiger partial charge is 0.508 e. The number of nitrogens with zero attached hydrogens (tertiary/aromatic N) is 1. The predicted molar refractivity (Wildman–Crippen MR) is 94.5 cm³/mol. The lowest BCUT2D eigenvalue weighted by molar-refractivity contribution is -0.0502. The molecule has 4 rings (SSSR count). The lowest BCUT2D eigenvalue weighted by atomic mass is 10.1. The van der Waals surface area contributed by atoms with E-state index in [1.165, 1.54) is 17.7 Å². The van der Waals surface area contributed by atoms with Gasteiger partial charge in [-0.2, -0.15) is 0 Å². The van der Waals surface area contributed by atoms with E-state index in [0.29, 0.717) is 18.2 Å². The smallest absolute Gasteiger partial charge is 0.251 e. The van der Waals surface area contributed by atoms with Gasteiger partial charge >= 0.3 is 0 Å². The highest BCUT2D eigenvalue weighted by atomic mass is 16.5. The molecule has 25 heavy (non-hydrogen) atoms. The normalized spacial score (nSPS) is 26.2. The summed E-state index contributed by atoms with van der Waals surface area (Å²) in [5.74, 6) is 0.0732. The Morgan fingerprint density at radius 1 is 1.08 bits per heavy atom. The number of nitrogens with one attached hydrogen (secondary N) is 1. The Balaban J connectivity index is 1.36. The Bertz CT molecular complexity index is 732. The molecule has 2 fully saturated rings.